The number of nitrogens with one attached hydrogen (secondary N) is 1. The van der Waals surface area contributed by atoms with E-state index in [-0.39, 0.29) is 6.03 Å². The summed E-state index contributed by atoms with van der Waals surface area (Å²) in [5.41, 5.74) is 4.05. The third kappa shape index (κ3) is 5.59. The minimum absolute atomic E-state index is 0.0719. The van der Waals surface area contributed by atoms with Crippen LogP contribution < -0.4 is 5.32 Å². The van der Waals surface area contributed by atoms with E-state index in [9.17, 15) is 9.90 Å². The van der Waals surface area contributed by atoms with E-state index >= 15 is 0 Å². The maximum atomic E-state index is 12.5. The van der Waals surface area contributed by atoms with Crippen LogP contribution in [0.4, 0.5) is 4.79 Å². The van der Waals surface area contributed by atoms with Gasteiger partial charge in [0.2, 0.25) is 0 Å². The molecule has 0 bridgehead atoms. The number of hydrogen-bond acceptors (Lipinski definition) is 4. The number of carbonyl (C=O) groups excluding carboxylic acids is 1. The Bertz CT molecular complexity index is 821. The zero-order chi connectivity index (χ0) is 20.8. The first kappa shape index (κ1) is 20.8. The number of nitrogens with zero attached hydrogens (tertiary/aromatic N) is 3. The first-order chi connectivity index (χ1) is 14.7. The fourth-order valence-corrected chi connectivity index (χ4v) is 4.34. The Morgan fingerprint density at radius 3 is 2.37 bits per heavy atom. The summed E-state index contributed by atoms with van der Waals surface area (Å²) in [7, 11) is 0. The molecule has 6 heteroatoms. The minimum Gasteiger partial charge on any atom is -0.390 e. The molecule has 0 aromatic heterocycles. The Balaban J connectivity index is 1.15. The standard InChI is InChI=1S/C24H32N4O2/c29-23(19-27-11-10-21-8-4-5-9-22(21)18-27)16-25-24(30)28-14-12-26(13-15-28)17-20-6-2-1-3-7-20/h1-9,23,29H,10-19H2,(H,25,30). The highest BCUT2D eigenvalue weighted by atomic mass is 16.3. The van der Waals surface area contributed by atoms with Crippen LogP contribution in [0.2, 0.25) is 0 Å². The average molecular weight is 409 g/mol. The first-order valence-electron chi connectivity index (χ1n) is 10.9. The maximum Gasteiger partial charge on any atom is 0.317 e. The van der Waals surface area contributed by atoms with Gasteiger partial charge in [-0.25, -0.2) is 4.79 Å². The number of rotatable bonds is 6. The number of carbonyl (C=O) groups is 1. The Kier molecular flexibility index (Phi) is 7.00. The second kappa shape index (κ2) is 10.1. The van der Waals surface area contributed by atoms with Crippen molar-refractivity contribution in [1.82, 2.24) is 20.0 Å². The van der Waals surface area contributed by atoms with Crippen LogP contribution in [-0.4, -0.2) is 77.8 Å². The van der Waals surface area contributed by atoms with Crippen LogP contribution in [0.25, 0.3) is 0 Å². The summed E-state index contributed by atoms with van der Waals surface area (Å²) in [4.78, 5) is 19.0. The number of urea groups is 1. The molecule has 1 unspecified atom stereocenters. The second-order valence-corrected chi connectivity index (χ2v) is 8.34. The predicted molar refractivity (Wildman–Crippen MR) is 118 cm³/mol. The van der Waals surface area contributed by atoms with Gasteiger partial charge in [-0.05, 0) is 23.1 Å². The van der Waals surface area contributed by atoms with Gasteiger partial charge in [-0.3, -0.25) is 9.80 Å². The number of hydrogen-bond donors (Lipinski definition) is 2. The molecule has 2 N–H and O–H groups in total. The lowest BCUT2D eigenvalue weighted by atomic mass is 10.00. The van der Waals surface area contributed by atoms with E-state index in [4.69, 9.17) is 0 Å². The van der Waals surface area contributed by atoms with Crippen LogP contribution in [0.15, 0.2) is 54.6 Å². The minimum atomic E-state index is -0.557. The van der Waals surface area contributed by atoms with E-state index in [0.29, 0.717) is 13.1 Å². The highest BCUT2D eigenvalue weighted by molar-refractivity contribution is 5.74. The predicted octanol–water partition coefficient (Wildman–Crippen LogP) is 1.93. The van der Waals surface area contributed by atoms with Crippen LogP contribution in [0.5, 0.6) is 0 Å². The molecule has 2 aromatic carbocycles. The molecule has 6 nitrogen and oxygen atoms in total. The van der Waals surface area contributed by atoms with Gasteiger partial charge in [0.25, 0.3) is 0 Å². The number of amides is 2. The van der Waals surface area contributed by atoms with Gasteiger partial charge < -0.3 is 15.3 Å². The van der Waals surface area contributed by atoms with Gasteiger partial charge in [0.15, 0.2) is 0 Å². The maximum absolute atomic E-state index is 12.5. The van der Waals surface area contributed by atoms with Gasteiger partial charge in [0.1, 0.15) is 0 Å². The molecule has 0 aliphatic carbocycles. The molecular weight excluding hydrogens is 376 g/mol. The molecule has 1 saturated heterocycles. The fraction of sp³-hybridized carbons (Fsp3) is 0.458. The smallest absolute Gasteiger partial charge is 0.317 e. The average Bonchev–Trinajstić information content (AvgIpc) is 2.78. The molecule has 2 aliphatic heterocycles. The summed E-state index contributed by atoms with van der Waals surface area (Å²) in [6.45, 7) is 6.80. The van der Waals surface area contributed by atoms with E-state index < -0.39 is 6.10 Å². The van der Waals surface area contributed by atoms with E-state index in [1.54, 1.807) is 0 Å². The molecule has 160 valence electrons. The molecule has 1 fully saturated rings. The zero-order valence-electron chi connectivity index (χ0n) is 17.5. The van der Waals surface area contributed by atoms with Crippen LogP contribution in [-0.2, 0) is 19.5 Å². The summed E-state index contributed by atoms with van der Waals surface area (Å²) in [6.07, 6.45) is 0.460. The van der Waals surface area contributed by atoms with Crippen molar-refractivity contribution in [3.8, 4) is 0 Å². The normalized spacial score (nSPS) is 18.6. The van der Waals surface area contributed by atoms with Crippen LogP contribution in [0, 0.1) is 0 Å². The van der Waals surface area contributed by atoms with Gasteiger partial charge in [-0.1, -0.05) is 54.6 Å². The Labute approximate surface area is 179 Å². The molecule has 2 amide bonds. The van der Waals surface area contributed by atoms with Crippen molar-refractivity contribution in [3.05, 3.63) is 71.3 Å². The van der Waals surface area contributed by atoms with E-state index in [2.05, 4.69) is 63.6 Å². The summed E-state index contributed by atoms with van der Waals surface area (Å²) < 4.78 is 0. The number of β-amino-alcohol motifs (C(OH)–C–C–N with tert-alkyl or cyclic N) is 1. The van der Waals surface area contributed by atoms with Gasteiger partial charge in [0, 0.05) is 58.9 Å². The molecule has 30 heavy (non-hydrogen) atoms. The highest BCUT2D eigenvalue weighted by Crippen LogP contribution is 2.18. The molecule has 2 aliphatic rings. The lowest BCUT2D eigenvalue weighted by molar-refractivity contribution is 0.0992. The molecule has 0 spiro atoms. The molecular formula is C24H32N4O2. The number of benzene rings is 2. The zero-order valence-corrected chi connectivity index (χ0v) is 17.5. The van der Waals surface area contributed by atoms with Gasteiger partial charge in [-0.15, -0.1) is 0 Å². The SMILES string of the molecule is O=C(NCC(O)CN1CCc2ccccc2C1)N1CCN(Cc2ccccc2)CC1. The van der Waals surface area contributed by atoms with Gasteiger partial charge in [0.05, 0.1) is 6.10 Å². The number of fused-ring (bicyclic) bond motifs is 1. The van der Waals surface area contributed by atoms with Crippen molar-refractivity contribution in [2.75, 3.05) is 45.8 Å². The van der Waals surface area contributed by atoms with Crippen molar-refractivity contribution in [1.29, 1.82) is 0 Å². The molecule has 1 atom stereocenters. The third-order valence-electron chi connectivity index (χ3n) is 6.08. The Hall–Kier alpha value is -2.41. The van der Waals surface area contributed by atoms with E-state index in [1.165, 1.54) is 16.7 Å². The summed E-state index contributed by atoms with van der Waals surface area (Å²) in [5.74, 6) is 0. The molecule has 0 radical (unpaired) electrons. The van der Waals surface area contributed by atoms with Crippen LogP contribution >= 0.6 is 0 Å². The van der Waals surface area contributed by atoms with E-state index in [0.717, 1.165) is 52.2 Å². The van der Waals surface area contributed by atoms with E-state index in [1.807, 2.05) is 11.0 Å². The molecule has 2 aromatic rings. The van der Waals surface area contributed by atoms with Crippen molar-refractivity contribution < 1.29 is 9.90 Å². The number of aliphatic hydroxyl groups is 1. The lowest BCUT2D eigenvalue weighted by Gasteiger charge is -2.35. The number of piperazine rings is 1. The summed E-state index contributed by atoms with van der Waals surface area (Å²) in [6, 6.07) is 18.9. The van der Waals surface area contributed by atoms with Crippen LogP contribution in [0.1, 0.15) is 16.7 Å². The largest absolute Gasteiger partial charge is 0.390 e. The van der Waals surface area contributed by atoms with Crippen molar-refractivity contribution in [2.24, 2.45) is 0 Å². The Morgan fingerprint density at radius 1 is 0.900 bits per heavy atom. The van der Waals surface area contributed by atoms with Crippen molar-refractivity contribution in [2.45, 2.75) is 25.6 Å². The van der Waals surface area contributed by atoms with Gasteiger partial charge >= 0.3 is 6.03 Å². The molecule has 0 saturated carbocycles. The summed E-state index contributed by atoms with van der Waals surface area (Å²) >= 11 is 0. The van der Waals surface area contributed by atoms with Gasteiger partial charge in [-0.2, -0.15) is 0 Å². The Morgan fingerprint density at radius 2 is 1.60 bits per heavy atom. The summed E-state index contributed by atoms with van der Waals surface area (Å²) in [5, 5.41) is 13.3. The first-order valence-corrected chi connectivity index (χ1v) is 10.9. The fourth-order valence-electron chi connectivity index (χ4n) is 4.34. The topological polar surface area (TPSA) is 59.1 Å². The van der Waals surface area contributed by atoms with Crippen LogP contribution in [0.3, 0.4) is 0 Å². The third-order valence-corrected chi connectivity index (χ3v) is 6.08. The number of aliphatic hydroxyl groups excluding tert-OH is 1. The second-order valence-electron chi connectivity index (χ2n) is 8.34. The van der Waals surface area contributed by atoms with Crippen molar-refractivity contribution in [3.63, 3.8) is 0 Å². The molecule has 4 rings (SSSR count). The van der Waals surface area contributed by atoms with Crippen molar-refractivity contribution >= 4 is 6.03 Å². The quantitative estimate of drug-likeness (QED) is 0.767. The molecule has 2 heterocycles. The monoisotopic (exact) mass is 408 g/mol. The lowest BCUT2D eigenvalue weighted by Crippen LogP contribution is -2.53. The highest BCUT2D eigenvalue weighted by Gasteiger charge is 2.22.